The molecule has 1 aromatic carbocycles. The summed E-state index contributed by atoms with van der Waals surface area (Å²) >= 11 is 0. The van der Waals surface area contributed by atoms with E-state index in [1.165, 1.54) is 13.0 Å². The molecule has 4 nitrogen and oxygen atoms in total. The molecular weight excluding hydrogens is 212 g/mol. The average Bonchev–Trinajstić information content (AvgIpc) is 2.93. The SMILES string of the molecule is CNC1CCNC1.c1ccc2nccnc2c1. The van der Waals surface area contributed by atoms with Crippen LogP contribution in [-0.2, 0) is 0 Å². The van der Waals surface area contributed by atoms with Gasteiger partial charge in [-0.3, -0.25) is 9.97 Å². The highest BCUT2D eigenvalue weighted by atomic mass is 15.0. The number of para-hydroxylation sites is 2. The Morgan fingerprint density at radius 3 is 2.24 bits per heavy atom. The van der Waals surface area contributed by atoms with Crippen LogP contribution in [0.25, 0.3) is 11.0 Å². The summed E-state index contributed by atoms with van der Waals surface area (Å²) in [4.78, 5) is 8.24. The topological polar surface area (TPSA) is 49.8 Å². The van der Waals surface area contributed by atoms with Crippen LogP contribution in [0.15, 0.2) is 36.7 Å². The summed E-state index contributed by atoms with van der Waals surface area (Å²) in [5, 5.41) is 6.46. The Bertz CT molecular complexity index is 386. The van der Waals surface area contributed by atoms with Crippen LogP contribution in [0.5, 0.6) is 0 Å². The van der Waals surface area contributed by atoms with Gasteiger partial charge in [0.25, 0.3) is 0 Å². The second-order valence-corrected chi connectivity index (χ2v) is 4.02. The van der Waals surface area contributed by atoms with E-state index in [0.29, 0.717) is 0 Å². The van der Waals surface area contributed by atoms with Gasteiger partial charge in [-0.25, -0.2) is 0 Å². The fraction of sp³-hybridized carbons (Fsp3) is 0.385. The molecule has 1 unspecified atom stereocenters. The van der Waals surface area contributed by atoms with Crippen LogP contribution in [0, 0.1) is 0 Å². The van der Waals surface area contributed by atoms with Crippen molar-refractivity contribution in [1.82, 2.24) is 20.6 Å². The average molecular weight is 230 g/mol. The highest BCUT2D eigenvalue weighted by Gasteiger charge is 2.09. The summed E-state index contributed by atoms with van der Waals surface area (Å²) in [5.41, 5.74) is 1.90. The van der Waals surface area contributed by atoms with Gasteiger partial charge in [-0.2, -0.15) is 0 Å². The van der Waals surface area contributed by atoms with Gasteiger partial charge in [0.05, 0.1) is 11.0 Å². The zero-order valence-electron chi connectivity index (χ0n) is 10.1. The number of fused-ring (bicyclic) bond motifs is 1. The first-order valence-electron chi connectivity index (χ1n) is 5.94. The first-order chi connectivity index (χ1) is 8.40. The standard InChI is InChI=1S/C8H6N2.C5H12N2/c1-2-4-8-7(3-1)9-5-6-10-8;1-6-5-2-3-7-4-5/h1-6H;5-7H,2-4H2,1H3. The third-order valence-corrected chi connectivity index (χ3v) is 2.84. The molecule has 0 saturated carbocycles. The molecule has 1 fully saturated rings. The summed E-state index contributed by atoms with van der Waals surface area (Å²) in [6, 6.07) is 8.54. The van der Waals surface area contributed by atoms with Crippen LogP contribution in [0.4, 0.5) is 0 Å². The van der Waals surface area contributed by atoms with Crippen molar-refractivity contribution in [1.29, 1.82) is 0 Å². The lowest BCUT2D eigenvalue weighted by atomic mass is 10.3. The van der Waals surface area contributed by atoms with Crippen molar-refractivity contribution < 1.29 is 0 Å². The van der Waals surface area contributed by atoms with E-state index in [-0.39, 0.29) is 0 Å². The number of rotatable bonds is 1. The second kappa shape index (κ2) is 6.27. The quantitative estimate of drug-likeness (QED) is 0.773. The Morgan fingerprint density at radius 1 is 1.18 bits per heavy atom. The molecule has 1 aromatic heterocycles. The Labute approximate surface area is 101 Å². The summed E-state index contributed by atoms with van der Waals surface area (Å²) < 4.78 is 0. The van der Waals surface area contributed by atoms with Crippen molar-refractivity contribution in [3.8, 4) is 0 Å². The first kappa shape index (κ1) is 12.0. The summed E-state index contributed by atoms with van der Waals surface area (Å²) in [6.07, 6.45) is 4.68. The molecule has 0 spiro atoms. The van der Waals surface area contributed by atoms with Crippen molar-refractivity contribution in [2.24, 2.45) is 0 Å². The molecule has 0 bridgehead atoms. The third-order valence-electron chi connectivity index (χ3n) is 2.84. The zero-order chi connectivity index (χ0) is 11.9. The minimum absolute atomic E-state index is 0.736. The predicted molar refractivity (Wildman–Crippen MR) is 69.9 cm³/mol. The maximum absolute atomic E-state index is 4.12. The fourth-order valence-electron chi connectivity index (χ4n) is 1.81. The molecule has 0 amide bonds. The van der Waals surface area contributed by atoms with Crippen LogP contribution in [0.1, 0.15) is 6.42 Å². The van der Waals surface area contributed by atoms with E-state index in [4.69, 9.17) is 0 Å². The molecule has 2 N–H and O–H groups in total. The maximum Gasteiger partial charge on any atom is 0.0886 e. The van der Waals surface area contributed by atoms with E-state index in [1.54, 1.807) is 12.4 Å². The fourth-order valence-corrected chi connectivity index (χ4v) is 1.81. The monoisotopic (exact) mass is 230 g/mol. The minimum atomic E-state index is 0.736. The Morgan fingerprint density at radius 2 is 1.82 bits per heavy atom. The number of nitrogens with zero attached hydrogens (tertiary/aromatic N) is 2. The van der Waals surface area contributed by atoms with Crippen molar-refractivity contribution >= 4 is 11.0 Å². The molecule has 2 aromatic rings. The van der Waals surface area contributed by atoms with E-state index in [9.17, 15) is 0 Å². The molecule has 0 aliphatic carbocycles. The molecule has 1 aliphatic heterocycles. The number of nitrogens with one attached hydrogen (secondary N) is 2. The summed E-state index contributed by atoms with van der Waals surface area (Å²) in [6.45, 7) is 2.34. The number of hydrogen-bond acceptors (Lipinski definition) is 4. The number of aromatic nitrogens is 2. The normalized spacial score (nSPS) is 18.8. The second-order valence-electron chi connectivity index (χ2n) is 4.02. The molecule has 2 heterocycles. The van der Waals surface area contributed by atoms with Gasteiger partial charge >= 0.3 is 0 Å². The highest BCUT2D eigenvalue weighted by molar-refractivity contribution is 5.72. The lowest BCUT2D eigenvalue weighted by molar-refractivity contribution is 0.611. The van der Waals surface area contributed by atoms with Crippen LogP contribution in [-0.4, -0.2) is 36.1 Å². The zero-order valence-corrected chi connectivity index (χ0v) is 10.1. The van der Waals surface area contributed by atoms with Crippen molar-refractivity contribution in [3.05, 3.63) is 36.7 Å². The third kappa shape index (κ3) is 3.47. The summed E-state index contributed by atoms with van der Waals surface area (Å²) in [5.74, 6) is 0. The van der Waals surface area contributed by atoms with E-state index in [0.717, 1.165) is 23.6 Å². The van der Waals surface area contributed by atoms with E-state index >= 15 is 0 Å². The molecule has 3 rings (SSSR count). The number of likely N-dealkylation sites (N-methyl/N-ethyl adjacent to an activating group) is 1. The van der Waals surface area contributed by atoms with Gasteiger partial charge in [-0.05, 0) is 32.1 Å². The van der Waals surface area contributed by atoms with Crippen LogP contribution < -0.4 is 10.6 Å². The minimum Gasteiger partial charge on any atom is -0.316 e. The van der Waals surface area contributed by atoms with Crippen molar-refractivity contribution in [2.45, 2.75) is 12.5 Å². The van der Waals surface area contributed by atoms with E-state index in [2.05, 4.69) is 20.6 Å². The van der Waals surface area contributed by atoms with Crippen LogP contribution >= 0.6 is 0 Å². The van der Waals surface area contributed by atoms with Gasteiger partial charge in [0.15, 0.2) is 0 Å². The van der Waals surface area contributed by atoms with Crippen molar-refractivity contribution in [3.63, 3.8) is 0 Å². The van der Waals surface area contributed by atoms with Gasteiger partial charge in [0.2, 0.25) is 0 Å². The van der Waals surface area contributed by atoms with E-state index < -0.39 is 0 Å². The molecule has 17 heavy (non-hydrogen) atoms. The molecule has 1 atom stereocenters. The molecule has 1 aliphatic rings. The lowest BCUT2D eigenvalue weighted by Crippen LogP contribution is -2.26. The number of benzene rings is 1. The first-order valence-corrected chi connectivity index (χ1v) is 5.94. The highest BCUT2D eigenvalue weighted by Crippen LogP contribution is 2.04. The van der Waals surface area contributed by atoms with Crippen LogP contribution in [0.3, 0.4) is 0 Å². The largest absolute Gasteiger partial charge is 0.316 e. The van der Waals surface area contributed by atoms with Crippen molar-refractivity contribution in [2.75, 3.05) is 20.1 Å². The van der Waals surface area contributed by atoms with Crippen LogP contribution in [0.2, 0.25) is 0 Å². The molecular formula is C13H18N4. The lowest BCUT2D eigenvalue weighted by Gasteiger charge is -2.02. The molecule has 0 radical (unpaired) electrons. The molecule has 4 heteroatoms. The van der Waals surface area contributed by atoms with Gasteiger partial charge in [-0.1, -0.05) is 12.1 Å². The smallest absolute Gasteiger partial charge is 0.0886 e. The Hall–Kier alpha value is -1.52. The van der Waals surface area contributed by atoms with E-state index in [1.807, 2.05) is 31.3 Å². The number of hydrogen-bond donors (Lipinski definition) is 2. The van der Waals surface area contributed by atoms with Gasteiger partial charge in [-0.15, -0.1) is 0 Å². The molecule has 90 valence electrons. The maximum atomic E-state index is 4.12. The Balaban J connectivity index is 0.000000136. The van der Waals surface area contributed by atoms with Gasteiger partial charge in [0.1, 0.15) is 0 Å². The van der Waals surface area contributed by atoms with Gasteiger partial charge < -0.3 is 10.6 Å². The molecule has 1 saturated heterocycles. The van der Waals surface area contributed by atoms with Gasteiger partial charge in [0, 0.05) is 25.0 Å². The predicted octanol–water partition coefficient (Wildman–Crippen LogP) is 1.20. The summed E-state index contributed by atoms with van der Waals surface area (Å²) in [7, 11) is 2.01. The Kier molecular flexibility index (Phi) is 4.41.